The lowest BCUT2D eigenvalue weighted by Crippen LogP contribution is -2.28. The summed E-state index contributed by atoms with van der Waals surface area (Å²) >= 11 is 5.99. The molecule has 1 aliphatic heterocycles. The van der Waals surface area contributed by atoms with Crippen molar-refractivity contribution in [3.63, 3.8) is 0 Å². The highest BCUT2D eigenvalue weighted by Gasteiger charge is 2.14. The van der Waals surface area contributed by atoms with Gasteiger partial charge < -0.3 is 10.5 Å². The van der Waals surface area contributed by atoms with Gasteiger partial charge in [-0.25, -0.2) is 0 Å². The van der Waals surface area contributed by atoms with Crippen LogP contribution in [0, 0.1) is 0 Å². The van der Waals surface area contributed by atoms with Crippen LogP contribution in [0.25, 0.3) is 0 Å². The zero-order valence-corrected chi connectivity index (χ0v) is 10.0. The van der Waals surface area contributed by atoms with E-state index in [1.807, 2.05) is 18.2 Å². The molecular weight excluding hydrogens is 224 g/mol. The Kier molecular flexibility index (Phi) is 4.04. The van der Waals surface area contributed by atoms with Gasteiger partial charge >= 0.3 is 0 Å². The number of benzene rings is 1. The topological polar surface area (TPSA) is 38.5 Å². The molecule has 3 nitrogen and oxygen atoms in total. The Balaban J connectivity index is 2.10. The van der Waals surface area contributed by atoms with E-state index in [1.165, 1.54) is 5.56 Å². The fraction of sp³-hybridized carbons (Fsp3) is 0.500. The lowest BCUT2D eigenvalue weighted by Gasteiger charge is -2.18. The van der Waals surface area contributed by atoms with Crippen LogP contribution in [0.15, 0.2) is 18.2 Å². The highest BCUT2D eigenvalue weighted by Crippen LogP contribution is 2.26. The zero-order chi connectivity index (χ0) is 11.4. The largest absolute Gasteiger partial charge is 0.492 e. The van der Waals surface area contributed by atoms with E-state index in [9.17, 15) is 0 Å². The average molecular weight is 241 g/mol. The van der Waals surface area contributed by atoms with Gasteiger partial charge in [0, 0.05) is 23.7 Å². The Morgan fingerprint density at radius 3 is 3.12 bits per heavy atom. The van der Waals surface area contributed by atoms with E-state index in [2.05, 4.69) is 4.90 Å². The molecule has 1 heterocycles. The van der Waals surface area contributed by atoms with Crippen molar-refractivity contribution < 1.29 is 4.74 Å². The van der Waals surface area contributed by atoms with Crippen molar-refractivity contribution in [3.8, 4) is 5.75 Å². The van der Waals surface area contributed by atoms with Gasteiger partial charge in [0.2, 0.25) is 0 Å². The van der Waals surface area contributed by atoms with Crippen molar-refractivity contribution in [3.05, 3.63) is 28.8 Å². The number of rotatable bonds is 3. The van der Waals surface area contributed by atoms with Crippen molar-refractivity contribution in [1.29, 1.82) is 0 Å². The van der Waals surface area contributed by atoms with Gasteiger partial charge in [0.25, 0.3) is 0 Å². The van der Waals surface area contributed by atoms with Crippen LogP contribution in [0.5, 0.6) is 5.75 Å². The number of nitrogens with two attached hydrogens (primary N) is 1. The van der Waals surface area contributed by atoms with Gasteiger partial charge in [0.15, 0.2) is 0 Å². The van der Waals surface area contributed by atoms with Gasteiger partial charge in [-0.1, -0.05) is 11.6 Å². The van der Waals surface area contributed by atoms with E-state index in [-0.39, 0.29) is 0 Å². The van der Waals surface area contributed by atoms with Crippen LogP contribution in [-0.2, 0) is 6.54 Å². The molecule has 0 radical (unpaired) electrons. The number of nitrogens with zero attached hydrogens (tertiary/aromatic N) is 1. The predicted octanol–water partition coefficient (Wildman–Crippen LogP) is 1.88. The number of hydrogen-bond acceptors (Lipinski definition) is 3. The smallest absolute Gasteiger partial charge is 0.123 e. The van der Waals surface area contributed by atoms with E-state index >= 15 is 0 Å². The molecule has 1 aliphatic rings. The molecule has 0 saturated carbocycles. The molecule has 0 bridgehead atoms. The molecule has 0 aliphatic carbocycles. The Morgan fingerprint density at radius 1 is 1.44 bits per heavy atom. The Hall–Kier alpha value is -0.770. The summed E-state index contributed by atoms with van der Waals surface area (Å²) in [6.45, 7) is 4.34. The molecule has 0 atom stereocenters. The molecule has 0 saturated heterocycles. The van der Waals surface area contributed by atoms with Crippen LogP contribution in [-0.4, -0.2) is 31.1 Å². The molecule has 0 fully saturated rings. The molecule has 2 rings (SSSR count). The molecule has 0 unspecified atom stereocenters. The number of halogens is 1. The summed E-state index contributed by atoms with van der Waals surface area (Å²) in [5.74, 6) is 0.958. The van der Waals surface area contributed by atoms with Crippen molar-refractivity contribution in [2.45, 2.75) is 13.0 Å². The van der Waals surface area contributed by atoms with Crippen molar-refractivity contribution in [2.75, 3.05) is 26.2 Å². The van der Waals surface area contributed by atoms with Crippen LogP contribution in [0.3, 0.4) is 0 Å². The second kappa shape index (κ2) is 5.53. The van der Waals surface area contributed by atoms with Crippen molar-refractivity contribution >= 4 is 11.6 Å². The van der Waals surface area contributed by atoms with E-state index in [4.69, 9.17) is 22.1 Å². The van der Waals surface area contributed by atoms with Gasteiger partial charge in [0.05, 0.1) is 0 Å². The highest BCUT2D eigenvalue weighted by atomic mass is 35.5. The maximum absolute atomic E-state index is 5.99. The SMILES string of the molecule is NCCCN1CCOc2ccc(Cl)cc2C1. The summed E-state index contributed by atoms with van der Waals surface area (Å²) in [7, 11) is 0. The van der Waals surface area contributed by atoms with E-state index in [1.54, 1.807) is 0 Å². The molecule has 16 heavy (non-hydrogen) atoms. The summed E-state index contributed by atoms with van der Waals surface area (Å²) in [5.41, 5.74) is 6.69. The second-order valence-corrected chi connectivity index (χ2v) is 4.46. The first-order valence-electron chi connectivity index (χ1n) is 5.63. The minimum absolute atomic E-state index is 0.735. The Bertz CT molecular complexity index is 355. The van der Waals surface area contributed by atoms with Gasteiger partial charge in [-0.3, -0.25) is 4.90 Å². The number of hydrogen-bond donors (Lipinski definition) is 1. The molecule has 1 aromatic rings. The molecule has 4 heteroatoms. The molecular formula is C12H17ClN2O. The quantitative estimate of drug-likeness (QED) is 0.877. The summed E-state index contributed by atoms with van der Waals surface area (Å²) in [4.78, 5) is 2.36. The van der Waals surface area contributed by atoms with E-state index < -0.39 is 0 Å². The molecule has 2 N–H and O–H groups in total. The van der Waals surface area contributed by atoms with Crippen LogP contribution in [0.2, 0.25) is 5.02 Å². The van der Waals surface area contributed by atoms with Gasteiger partial charge in [-0.15, -0.1) is 0 Å². The third kappa shape index (κ3) is 2.88. The normalized spacial score (nSPS) is 16.4. The van der Waals surface area contributed by atoms with Crippen molar-refractivity contribution in [1.82, 2.24) is 4.90 Å². The van der Waals surface area contributed by atoms with Crippen LogP contribution < -0.4 is 10.5 Å². The first-order chi connectivity index (χ1) is 7.79. The molecule has 1 aromatic carbocycles. The van der Waals surface area contributed by atoms with Crippen LogP contribution in [0.4, 0.5) is 0 Å². The average Bonchev–Trinajstić information content (AvgIpc) is 2.47. The fourth-order valence-electron chi connectivity index (χ4n) is 1.92. The first kappa shape index (κ1) is 11.7. The number of ether oxygens (including phenoxy) is 1. The minimum Gasteiger partial charge on any atom is -0.492 e. The molecule has 88 valence electrons. The predicted molar refractivity (Wildman–Crippen MR) is 65.9 cm³/mol. The summed E-state index contributed by atoms with van der Waals surface area (Å²) in [5, 5.41) is 0.767. The minimum atomic E-state index is 0.735. The second-order valence-electron chi connectivity index (χ2n) is 4.02. The standard InChI is InChI=1S/C12H17ClN2O/c13-11-2-3-12-10(8-11)9-15(5-1-4-14)6-7-16-12/h2-3,8H,1,4-7,9,14H2. The Morgan fingerprint density at radius 2 is 2.31 bits per heavy atom. The lowest BCUT2D eigenvalue weighted by atomic mass is 10.2. The molecule has 0 spiro atoms. The summed E-state index contributed by atoms with van der Waals surface area (Å²) in [6.07, 6.45) is 1.02. The van der Waals surface area contributed by atoms with Gasteiger partial charge in [0.1, 0.15) is 12.4 Å². The van der Waals surface area contributed by atoms with Gasteiger partial charge in [-0.2, -0.15) is 0 Å². The fourth-order valence-corrected chi connectivity index (χ4v) is 2.12. The Labute approximate surface area is 101 Å². The monoisotopic (exact) mass is 240 g/mol. The highest BCUT2D eigenvalue weighted by molar-refractivity contribution is 6.30. The summed E-state index contributed by atoms with van der Waals surface area (Å²) < 4.78 is 5.68. The van der Waals surface area contributed by atoms with E-state index in [0.717, 1.165) is 50.0 Å². The lowest BCUT2D eigenvalue weighted by molar-refractivity contribution is 0.225. The molecule has 0 aromatic heterocycles. The molecule has 0 amide bonds. The third-order valence-electron chi connectivity index (χ3n) is 2.76. The third-order valence-corrected chi connectivity index (χ3v) is 3.00. The first-order valence-corrected chi connectivity index (χ1v) is 6.01. The summed E-state index contributed by atoms with van der Waals surface area (Å²) in [6, 6.07) is 5.80. The van der Waals surface area contributed by atoms with Crippen LogP contribution >= 0.6 is 11.6 Å². The maximum Gasteiger partial charge on any atom is 0.123 e. The van der Waals surface area contributed by atoms with E-state index in [0.29, 0.717) is 0 Å². The van der Waals surface area contributed by atoms with Crippen molar-refractivity contribution in [2.24, 2.45) is 5.73 Å². The maximum atomic E-state index is 5.99. The zero-order valence-electron chi connectivity index (χ0n) is 9.29. The number of fused-ring (bicyclic) bond motifs is 1. The van der Waals surface area contributed by atoms with Crippen LogP contribution in [0.1, 0.15) is 12.0 Å². The van der Waals surface area contributed by atoms with Gasteiger partial charge in [-0.05, 0) is 37.7 Å².